The summed E-state index contributed by atoms with van der Waals surface area (Å²) in [6.07, 6.45) is 6.71. The van der Waals surface area contributed by atoms with Crippen LogP contribution in [0.2, 0.25) is 0 Å². The highest BCUT2D eigenvalue weighted by Gasteiger charge is 2.23. The molecule has 0 amide bonds. The van der Waals surface area contributed by atoms with Crippen LogP contribution in [-0.4, -0.2) is 20.4 Å². The minimum Gasteiger partial charge on any atom is -0.125 e. The summed E-state index contributed by atoms with van der Waals surface area (Å²) in [5.41, 5.74) is 0. The molecule has 0 saturated carbocycles. The molecule has 0 radical (unpaired) electrons. The minimum atomic E-state index is -1.24. The molecular formula is C11H18Cl6. The quantitative estimate of drug-likeness (QED) is 0.322. The lowest BCUT2D eigenvalue weighted by Gasteiger charge is -2.15. The van der Waals surface area contributed by atoms with Gasteiger partial charge in [0, 0.05) is 23.1 Å². The highest BCUT2D eigenvalue weighted by molar-refractivity contribution is 6.67. The first kappa shape index (κ1) is 18.7. The van der Waals surface area contributed by atoms with Gasteiger partial charge in [-0.05, 0) is 12.8 Å². The SMILES string of the molecule is ClC[C@@H](Cl)CCCCCC[C@H](Cl)CC(Cl)(Cl)Cl. The molecule has 0 aromatic rings. The van der Waals surface area contributed by atoms with Gasteiger partial charge in [-0.3, -0.25) is 0 Å². The summed E-state index contributed by atoms with van der Waals surface area (Å²) in [7, 11) is 0. The van der Waals surface area contributed by atoms with Crippen LogP contribution in [0.1, 0.15) is 44.9 Å². The van der Waals surface area contributed by atoms with Crippen molar-refractivity contribution >= 4 is 69.6 Å². The van der Waals surface area contributed by atoms with Gasteiger partial charge >= 0.3 is 0 Å². The van der Waals surface area contributed by atoms with Crippen molar-refractivity contribution in [3.63, 3.8) is 0 Å². The topological polar surface area (TPSA) is 0 Å². The molecule has 0 spiro atoms. The van der Waals surface area contributed by atoms with Crippen LogP contribution in [0.25, 0.3) is 0 Å². The summed E-state index contributed by atoms with van der Waals surface area (Å²) in [6, 6.07) is 0. The Kier molecular flexibility index (Phi) is 11.6. The molecular weight excluding hydrogens is 345 g/mol. The zero-order chi connectivity index (χ0) is 13.3. The van der Waals surface area contributed by atoms with E-state index >= 15 is 0 Å². The van der Waals surface area contributed by atoms with E-state index < -0.39 is 3.79 Å². The molecule has 0 aliphatic rings. The molecule has 0 aliphatic heterocycles. The number of hydrogen-bond acceptors (Lipinski definition) is 0. The summed E-state index contributed by atoms with van der Waals surface area (Å²) in [6.45, 7) is 0. The van der Waals surface area contributed by atoms with Crippen molar-refractivity contribution < 1.29 is 0 Å². The molecule has 6 heteroatoms. The molecule has 0 fully saturated rings. The highest BCUT2D eigenvalue weighted by Crippen LogP contribution is 2.34. The average molecular weight is 363 g/mol. The summed E-state index contributed by atoms with van der Waals surface area (Å²) < 4.78 is -1.24. The van der Waals surface area contributed by atoms with E-state index in [1.165, 1.54) is 0 Å². The maximum Gasteiger partial charge on any atom is 0.192 e. The molecule has 0 heterocycles. The van der Waals surface area contributed by atoms with E-state index in [0.29, 0.717) is 12.3 Å². The fourth-order valence-corrected chi connectivity index (χ4v) is 3.01. The molecule has 2 atom stereocenters. The average Bonchev–Trinajstić information content (AvgIpc) is 2.20. The Bertz CT molecular complexity index is 179. The van der Waals surface area contributed by atoms with Crippen LogP contribution in [0.15, 0.2) is 0 Å². The fraction of sp³-hybridized carbons (Fsp3) is 1.00. The van der Waals surface area contributed by atoms with Crippen LogP contribution in [-0.2, 0) is 0 Å². The van der Waals surface area contributed by atoms with Crippen molar-refractivity contribution in [2.45, 2.75) is 59.5 Å². The first-order chi connectivity index (χ1) is 7.85. The predicted octanol–water partition coefficient (Wildman–Crippen LogP) is 6.54. The van der Waals surface area contributed by atoms with E-state index in [4.69, 9.17) is 69.6 Å². The third kappa shape index (κ3) is 14.0. The lowest BCUT2D eigenvalue weighted by Crippen LogP contribution is -2.11. The van der Waals surface area contributed by atoms with E-state index in [-0.39, 0.29) is 10.8 Å². The van der Waals surface area contributed by atoms with E-state index in [1.54, 1.807) is 0 Å². The molecule has 104 valence electrons. The number of rotatable bonds is 9. The van der Waals surface area contributed by atoms with Crippen LogP contribution < -0.4 is 0 Å². The number of alkyl halides is 6. The van der Waals surface area contributed by atoms with Gasteiger partial charge in [-0.1, -0.05) is 60.5 Å². The van der Waals surface area contributed by atoms with Crippen molar-refractivity contribution in [2.75, 3.05) is 5.88 Å². The smallest absolute Gasteiger partial charge is 0.125 e. The Morgan fingerprint density at radius 2 is 1.24 bits per heavy atom. The Hall–Kier alpha value is 1.74. The second-order valence-corrected chi connectivity index (χ2v) is 8.22. The molecule has 17 heavy (non-hydrogen) atoms. The largest absolute Gasteiger partial charge is 0.192 e. The Morgan fingerprint density at radius 3 is 1.65 bits per heavy atom. The Labute approximate surface area is 134 Å². The van der Waals surface area contributed by atoms with Crippen LogP contribution in [0.3, 0.4) is 0 Å². The van der Waals surface area contributed by atoms with E-state index in [2.05, 4.69) is 0 Å². The molecule has 0 aromatic heterocycles. The molecule has 0 aromatic carbocycles. The zero-order valence-electron chi connectivity index (χ0n) is 9.58. The van der Waals surface area contributed by atoms with E-state index in [1.807, 2.05) is 0 Å². The number of hydrogen-bond donors (Lipinski definition) is 0. The third-order valence-corrected chi connectivity index (χ3v) is 4.14. The van der Waals surface area contributed by atoms with Gasteiger partial charge in [0.1, 0.15) is 0 Å². The van der Waals surface area contributed by atoms with Crippen LogP contribution in [0, 0.1) is 0 Å². The highest BCUT2D eigenvalue weighted by atomic mass is 35.6. The zero-order valence-corrected chi connectivity index (χ0v) is 14.1. The maximum absolute atomic E-state index is 6.06. The first-order valence-electron chi connectivity index (χ1n) is 5.76. The molecule has 0 saturated heterocycles. The lowest BCUT2D eigenvalue weighted by atomic mass is 10.1. The van der Waals surface area contributed by atoms with Crippen molar-refractivity contribution in [1.82, 2.24) is 0 Å². The fourth-order valence-electron chi connectivity index (χ4n) is 1.52. The number of halogens is 6. The van der Waals surface area contributed by atoms with Gasteiger partial charge in [0.2, 0.25) is 0 Å². The normalized spacial score (nSPS) is 15.9. The molecule has 0 rings (SSSR count). The van der Waals surface area contributed by atoms with Crippen LogP contribution in [0.4, 0.5) is 0 Å². The molecule has 0 aliphatic carbocycles. The van der Waals surface area contributed by atoms with Gasteiger partial charge < -0.3 is 0 Å². The van der Waals surface area contributed by atoms with Crippen molar-refractivity contribution in [3.05, 3.63) is 0 Å². The third-order valence-electron chi connectivity index (χ3n) is 2.41. The van der Waals surface area contributed by atoms with E-state index in [0.717, 1.165) is 38.5 Å². The summed E-state index contributed by atoms with van der Waals surface area (Å²) >= 11 is 34.6. The second-order valence-electron chi connectivity index (χ2n) is 4.16. The Balaban J connectivity index is 3.34. The summed E-state index contributed by atoms with van der Waals surface area (Å²) in [4.78, 5) is 0. The molecule has 0 bridgehead atoms. The number of unbranched alkanes of at least 4 members (excludes halogenated alkanes) is 3. The van der Waals surface area contributed by atoms with Gasteiger partial charge in [-0.25, -0.2) is 0 Å². The Morgan fingerprint density at radius 1 is 0.765 bits per heavy atom. The molecule has 0 unspecified atom stereocenters. The predicted molar refractivity (Wildman–Crippen MR) is 82.6 cm³/mol. The van der Waals surface area contributed by atoms with Gasteiger partial charge in [0.15, 0.2) is 3.79 Å². The van der Waals surface area contributed by atoms with Gasteiger partial charge in [0.25, 0.3) is 0 Å². The van der Waals surface area contributed by atoms with Crippen molar-refractivity contribution in [1.29, 1.82) is 0 Å². The van der Waals surface area contributed by atoms with Gasteiger partial charge in [-0.2, -0.15) is 0 Å². The summed E-state index contributed by atoms with van der Waals surface area (Å²) in [5, 5.41) is 0.0351. The first-order valence-corrected chi connectivity index (χ1v) is 8.30. The van der Waals surface area contributed by atoms with Crippen molar-refractivity contribution in [3.8, 4) is 0 Å². The monoisotopic (exact) mass is 360 g/mol. The summed E-state index contributed by atoms with van der Waals surface area (Å²) in [5.74, 6) is 0.522. The van der Waals surface area contributed by atoms with Gasteiger partial charge in [-0.15, -0.1) is 34.8 Å². The molecule has 0 nitrogen and oxygen atoms in total. The lowest BCUT2D eigenvalue weighted by molar-refractivity contribution is 0.572. The van der Waals surface area contributed by atoms with E-state index in [9.17, 15) is 0 Å². The molecule has 0 N–H and O–H groups in total. The van der Waals surface area contributed by atoms with Crippen LogP contribution in [0.5, 0.6) is 0 Å². The van der Waals surface area contributed by atoms with Crippen LogP contribution >= 0.6 is 69.6 Å². The van der Waals surface area contributed by atoms with Crippen molar-refractivity contribution in [2.24, 2.45) is 0 Å². The minimum absolute atomic E-state index is 0.0638. The van der Waals surface area contributed by atoms with Gasteiger partial charge in [0.05, 0.1) is 0 Å². The standard InChI is InChI=1S/C11H18Cl6/c12-8-10(14)6-4-2-1-3-5-9(13)7-11(15,16)17/h9-10H,1-8H2/t9-,10-/m0/s1. The maximum atomic E-state index is 6.06. The second kappa shape index (κ2) is 10.5.